The number of hydrogen-bond donors (Lipinski definition) is 5. The van der Waals surface area contributed by atoms with Gasteiger partial charge in [0.05, 0.1) is 16.4 Å². The van der Waals surface area contributed by atoms with Crippen molar-refractivity contribution in [1.82, 2.24) is 0 Å². The predicted molar refractivity (Wildman–Crippen MR) is 161 cm³/mol. The number of rotatable bonds is 7. The average molecular weight is 671 g/mol. The van der Waals surface area contributed by atoms with E-state index in [1.165, 1.54) is 0 Å². The first-order valence-electron chi connectivity index (χ1n) is 12.9. The van der Waals surface area contributed by atoms with Crippen molar-refractivity contribution in [2.24, 2.45) is 10.9 Å². The van der Waals surface area contributed by atoms with Crippen LogP contribution in [0, 0.1) is 0 Å². The van der Waals surface area contributed by atoms with Gasteiger partial charge in [0.1, 0.15) is 5.54 Å². The van der Waals surface area contributed by atoms with Gasteiger partial charge < -0.3 is 26.7 Å². The van der Waals surface area contributed by atoms with Crippen molar-refractivity contribution < 1.29 is 49.9 Å². The highest BCUT2D eigenvalue weighted by Gasteiger charge is 2.43. The number of hydrogen-bond acceptors (Lipinski definition) is 9. The van der Waals surface area contributed by atoms with Crippen LogP contribution >= 0.6 is 0 Å². The molecule has 3 aromatic rings. The number of carboxylic acids is 1. The van der Waals surface area contributed by atoms with Crippen LogP contribution < -0.4 is 16.4 Å². The molecular formula is C28H29F3N4O8S2. The third kappa shape index (κ3) is 9.18. The minimum absolute atomic E-state index is 0.0504. The summed E-state index contributed by atoms with van der Waals surface area (Å²) in [4.78, 5) is 22.7. The standard InChI is InChI=1S/C26H28N4O6S2.C2HF3O2/c1-37(33,34)23-8-3-2-7-22(23)18-9-11-20(12-10-18)28-25(31)26(13-15-38(35,36)16-14-26)29-21-6-4-5-19(17-21)24(27)30-32;3-2(4,5)1(6)7/h2-12,17,29,32H,13-16H2,1H3,(H2,27,30)(H,28,31);(H,6,7). The fraction of sp³-hybridized carbons (Fsp3) is 0.250. The van der Waals surface area contributed by atoms with E-state index in [-0.39, 0.29) is 35.1 Å². The third-order valence-corrected chi connectivity index (χ3v) is 9.55. The maximum Gasteiger partial charge on any atom is 0.490 e. The summed E-state index contributed by atoms with van der Waals surface area (Å²) in [7, 11) is -6.71. The first-order valence-corrected chi connectivity index (χ1v) is 16.7. The van der Waals surface area contributed by atoms with E-state index in [0.717, 1.165) is 6.26 Å². The maximum absolute atomic E-state index is 13.6. The Hall–Kier alpha value is -4.64. The van der Waals surface area contributed by atoms with Crippen LogP contribution in [0.15, 0.2) is 82.8 Å². The van der Waals surface area contributed by atoms with E-state index < -0.39 is 43.3 Å². The highest BCUT2D eigenvalue weighted by Crippen LogP contribution is 2.32. The summed E-state index contributed by atoms with van der Waals surface area (Å²) in [5.74, 6) is -3.59. The van der Waals surface area contributed by atoms with Gasteiger partial charge in [-0.15, -0.1) is 0 Å². The number of nitrogens with one attached hydrogen (secondary N) is 2. The molecule has 6 N–H and O–H groups in total. The Kier molecular flexibility index (Phi) is 10.5. The average Bonchev–Trinajstić information content (AvgIpc) is 2.98. The number of nitrogens with two attached hydrogens (primary N) is 1. The lowest BCUT2D eigenvalue weighted by Crippen LogP contribution is -2.54. The van der Waals surface area contributed by atoms with Gasteiger partial charge in [-0.1, -0.05) is 47.6 Å². The Labute approximate surface area is 256 Å². The van der Waals surface area contributed by atoms with Crippen LogP contribution in [-0.2, 0) is 29.3 Å². The zero-order valence-corrected chi connectivity index (χ0v) is 25.2. The third-order valence-electron chi connectivity index (χ3n) is 6.75. The van der Waals surface area contributed by atoms with Crippen molar-refractivity contribution in [2.75, 3.05) is 28.4 Å². The Morgan fingerprint density at radius 3 is 2.07 bits per heavy atom. The minimum atomic E-state index is -5.08. The normalized spacial score (nSPS) is 16.0. The van der Waals surface area contributed by atoms with Crippen molar-refractivity contribution in [3.63, 3.8) is 0 Å². The first-order chi connectivity index (χ1) is 20.9. The highest BCUT2D eigenvalue weighted by atomic mass is 32.2. The van der Waals surface area contributed by atoms with Crippen molar-refractivity contribution in [2.45, 2.75) is 29.5 Å². The van der Waals surface area contributed by atoms with E-state index >= 15 is 0 Å². The molecule has 17 heteroatoms. The molecule has 0 aliphatic carbocycles. The quantitative estimate of drug-likeness (QED) is 0.107. The van der Waals surface area contributed by atoms with E-state index in [4.69, 9.17) is 20.8 Å². The highest BCUT2D eigenvalue weighted by molar-refractivity contribution is 7.91. The molecule has 242 valence electrons. The Morgan fingerprint density at radius 1 is 0.956 bits per heavy atom. The van der Waals surface area contributed by atoms with Crippen LogP contribution in [0.2, 0.25) is 0 Å². The monoisotopic (exact) mass is 670 g/mol. The fourth-order valence-electron chi connectivity index (χ4n) is 4.40. The number of halogens is 3. The molecule has 0 spiro atoms. The van der Waals surface area contributed by atoms with Gasteiger partial charge >= 0.3 is 12.1 Å². The summed E-state index contributed by atoms with van der Waals surface area (Å²) < 4.78 is 80.4. The largest absolute Gasteiger partial charge is 0.490 e. The number of amidine groups is 1. The molecule has 3 aromatic carbocycles. The number of carboxylic acid groups (broad SMARTS) is 1. The maximum atomic E-state index is 13.6. The van der Waals surface area contributed by atoms with Gasteiger partial charge in [0.15, 0.2) is 25.5 Å². The van der Waals surface area contributed by atoms with Crippen LogP contribution in [0.3, 0.4) is 0 Å². The van der Waals surface area contributed by atoms with Crippen molar-refractivity contribution in [3.8, 4) is 11.1 Å². The number of aliphatic carboxylic acids is 1. The SMILES string of the molecule is CS(=O)(=O)c1ccccc1-c1ccc(NC(=O)C2(Nc3cccc(C(N)=NO)c3)CCS(=O)(=O)CC2)cc1.O=C(O)C(F)(F)F. The van der Waals surface area contributed by atoms with Gasteiger partial charge in [-0.25, -0.2) is 21.6 Å². The summed E-state index contributed by atoms with van der Waals surface area (Å²) in [5.41, 5.74) is 7.10. The number of carbonyl (C=O) groups is 2. The van der Waals surface area contributed by atoms with Gasteiger partial charge in [0.25, 0.3) is 0 Å². The molecule has 1 fully saturated rings. The summed E-state index contributed by atoms with van der Waals surface area (Å²) in [6.07, 6.45) is -3.83. The summed E-state index contributed by atoms with van der Waals surface area (Å²) in [6, 6.07) is 20.1. The van der Waals surface area contributed by atoms with E-state index in [1.54, 1.807) is 72.8 Å². The van der Waals surface area contributed by atoms with E-state index in [0.29, 0.717) is 28.1 Å². The second-order valence-corrected chi connectivity index (χ2v) is 14.3. The lowest BCUT2D eigenvalue weighted by molar-refractivity contribution is -0.192. The van der Waals surface area contributed by atoms with Crippen molar-refractivity contribution in [1.29, 1.82) is 0 Å². The number of alkyl halides is 3. The minimum Gasteiger partial charge on any atom is -0.475 e. The second-order valence-electron chi connectivity index (χ2n) is 10.0. The summed E-state index contributed by atoms with van der Waals surface area (Å²) >= 11 is 0. The molecule has 4 rings (SSSR count). The molecule has 0 aromatic heterocycles. The second kappa shape index (κ2) is 13.6. The number of nitrogens with zero attached hydrogens (tertiary/aromatic N) is 1. The molecule has 1 aliphatic rings. The predicted octanol–water partition coefficient (Wildman–Crippen LogP) is 3.48. The molecule has 12 nitrogen and oxygen atoms in total. The van der Waals surface area contributed by atoms with Gasteiger partial charge in [0.2, 0.25) is 5.91 Å². The molecule has 1 amide bonds. The number of anilines is 2. The number of oxime groups is 1. The van der Waals surface area contributed by atoms with Crippen molar-refractivity contribution >= 4 is 48.8 Å². The van der Waals surface area contributed by atoms with Gasteiger partial charge in [-0.05, 0) is 48.7 Å². The number of sulfone groups is 2. The van der Waals surface area contributed by atoms with Gasteiger partial charge in [0, 0.05) is 28.8 Å². The molecule has 0 unspecified atom stereocenters. The van der Waals surface area contributed by atoms with Crippen LogP contribution in [0.5, 0.6) is 0 Å². The topological polar surface area (TPSA) is 205 Å². The van der Waals surface area contributed by atoms with Crippen molar-refractivity contribution in [3.05, 3.63) is 78.4 Å². The van der Waals surface area contributed by atoms with E-state index in [1.807, 2.05) is 0 Å². The molecule has 1 saturated heterocycles. The lowest BCUT2D eigenvalue weighted by Gasteiger charge is -2.37. The Morgan fingerprint density at radius 2 is 1.53 bits per heavy atom. The van der Waals surface area contributed by atoms with Gasteiger partial charge in [-0.2, -0.15) is 13.2 Å². The van der Waals surface area contributed by atoms with E-state index in [2.05, 4.69) is 15.8 Å². The fourth-order valence-corrected chi connectivity index (χ4v) is 6.83. The smallest absolute Gasteiger partial charge is 0.475 e. The van der Waals surface area contributed by atoms with Gasteiger partial charge in [-0.3, -0.25) is 4.79 Å². The number of carbonyl (C=O) groups excluding carboxylic acids is 1. The first kappa shape index (κ1) is 34.8. The molecule has 45 heavy (non-hydrogen) atoms. The molecule has 0 radical (unpaired) electrons. The number of amides is 1. The molecule has 1 heterocycles. The summed E-state index contributed by atoms with van der Waals surface area (Å²) in [6.45, 7) is 0. The molecule has 0 saturated carbocycles. The molecule has 0 atom stereocenters. The van der Waals surface area contributed by atoms with Crippen LogP contribution in [0.4, 0.5) is 24.5 Å². The van der Waals surface area contributed by atoms with Crippen LogP contribution in [0.1, 0.15) is 18.4 Å². The van der Waals surface area contributed by atoms with Crippen LogP contribution in [-0.4, -0.2) is 74.3 Å². The summed E-state index contributed by atoms with van der Waals surface area (Å²) in [5, 5.41) is 25.2. The Balaban J connectivity index is 0.000000707. The van der Waals surface area contributed by atoms with E-state index in [9.17, 15) is 34.8 Å². The molecule has 1 aliphatic heterocycles. The zero-order chi connectivity index (χ0) is 33.6. The Bertz CT molecular complexity index is 1800. The molecular weight excluding hydrogens is 641 g/mol. The number of benzene rings is 3. The lowest BCUT2D eigenvalue weighted by atomic mass is 9.90. The zero-order valence-electron chi connectivity index (χ0n) is 23.6. The van der Waals surface area contributed by atoms with Crippen LogP contribution in [0.25, 0.3) is 11.1 Å². The molecule has 0 bridgehead atoms.